The number of carbonyl (C=O) groups excluding carboxylic acids is 1. The molecule has 2 aliphatic heterocycles. The van der Waals surface area contributed by atoms with Crippen LogP contribution < -0.4 is 30.2 Å². The maximum atomic E-state index is 11.8. The van der Waals surface area contributed by atoms with E-state index in [0.29, 0.717) is 33.0 Å². The molecular formula is C14H16BrN3O6. The molecule has 3 N–H and O–H groups in total. The van der Waals surface area contributed by atoms with Crippen molar-refractivity contribution >= 4 is 27.5 Å². The van der Waals surface area contributed by atoms with Crippen molar-refractivity contribution in [3.8, 4) is 23.0 Å². The third kappa shape index (κ3) is 2.33. The van der Waals surface area contributed by atoms with Gasteiger partial charge >= 0.3 is 0 Å². The molecule has 9 nitrogen and oxygen atoms in total. The zero-order chi connectivity index (χ0) is 17.4. The van der Waals surface area contributed by atoms with Crippen molar-refractivity contribution in [1.82, 2.24) is 5.43 Å². The number of nitrogens with zero attached hydrogens (tertiary/aromatic N) is 1. The van der Waals surface area contributed by atoms with Crippen molar-refractivity contribution in [2.75, 3.05) is 21.0 Å². The number of oxime groups is 1. The number of benzene rings is 1. The summed E-state index contributed by atoms with van der Waals surface area (Å²) >= 11 is 3.50. The molecule has 130 valence electrons. The molecular weight excluding hydrogens is 386 g/mol. The molecule has 0 saturated carbocycles. The third-order valence-corrected chi connectivity index (χ3v) is 4.70. The standard InChI is InChI=1S/C14H16BrN3O6/c1-5-8(14(19)17-16)18-24-9(5)6-7(15)11(21-3)13-12(10(6)20-2)22-4-23-13/h5,9H,4,16H2,1-3H3,(H,17,19)/t5-,9+/m1/s1. The Kier molecular flexibility index (Phi) is 4.41. The molecule has 1 aromatic rings. The summed E-state index contributed by atoms with van der Waals surface area (Å²) in [5.74, 6) is 6.03. The highest BCUT2D eigenvalue weighted by Crippen LogP contribution is 2.57. The Bertz CT molecular complexity index is 723. The zero-order valence-corrected chi connectivity index (χ0v) is 14.8. The van der Waals surface area contributed by atoms with Crippen LogP contribution in [0, 0.1) is 5.92 Å². The number of halogens is 1. The normalized spacial score (nSPS) is 21.1. The molecule has 1 aromatic carbocycles. The van der Waals surface area contributed by atoms with Crippen molar-refractivity contribution < 1.29 is 28.6 Å². The molecule has 0 fully saturated rings. The Hall–Kier alpha value is -2.20. The number of nitrogens with two attached hydrogens (primary N) is 1. The van der Waals surface area contributed by atoms with Crippen LogP contribution in [0.5, 0.6) is 23.0 Å². The van der Waals surface area contributed by atoms with Crippen LogP contribution in [-0.4, -0.2) is 32.6 Å². The quantitative estimate of drug-likeness (QED) is 0.443. The third-order valence-electron chi connectivity index (χ3n) is 3.91. The lowest BCUT2D eigenvalue weighted by atomic mass is 9.92. The van der Waals surface area contributed by atoms with Crippen LogP contribution in [0.2, 0.25) is 0 Å². The number of hydrogen-bond donors (Lipinski definition) is 2. The first kappa shape index (κ1) is 16.7. The van der Waals surface area contributed by atoms with Gasteiger partial charge in [0.05, 0.1) is 30.2 Å². The van der Waals surface area contributed by atoms with Gasteiger partial charge in [-0.1, -0.05) is 12.1 Å². The number of rotatable bonds is 4. The molecule has 0 bridgehead atoms. The predicted molar refractivity (Wildman–Crippen MR) is 86.1 cm³/mol. The highest BCUT2D eigenvalue weighted by molar-refractivity contribution is 9.10. The molecule has 10 heteroatoms. The second kappa shape index (κ2) is 6.36. The van der Waals surface area contributed by atoms with E-state index < -0.39 is 12.0 Å². The van der Waals surface area contributed by atoms with E-state index in [-0.39, 0.29) is 18.4 Å². The lowest BCUT2D eigenvalue weighted by Gasteiger charge is -2.21. The summed E-state index contributed by atoms with van der Waals surface area (Å²) in [5.41, 5.74) is 2.85. The number of hydrogen-bond acceptors (Lipinski definition) is 8. The topological polar surface area (TPSA) is 114 Å². The van der Waals surface area contributed by atoms with Gasteiger partial charge in [-0.3, -0.25) is 10.2 Å². The Balaban J connectivity index is 2.11. The van der Waals surface area contributed by atoms with Gasteiger partial charge in [-0.25, -0.2) is 5.84 Å². The highest BCUT2D eigenvalue weighted by Gasteiger charge is 2.42. The highest BCUT2D eigenvalue weighted by atomic mass is 79.9. The summed E-state index contributed by atoms with van der Waals surface area (Å²) in [7, 11) is 3.02. The summed E-state index contributed by atoms with van der Waals surface area (Å²) in [6.45, 7) is 1.85. The molecule has 0 unspecified atom stereocenters. The molecule has 0 aliphatic carbocycles. The average Bonchev–Trinajstić information content (AvgIpc) is 3.20. The van der Waals surface area contributed by atoms with E-state index in [1.54, 1.807) is 6.92 Å². The van der Waals surface area contributed by atoms with Crippen molar-refractivity contribution in [3.05, 3.63) is 10.0 Å². The van der Waals surface area contributed by atoms with Crippen LogP contribution >= 0.6 is 15.9 Å². The van der Waals surface area contributed by atoms with Crippen LogP contribution in [0.3, 0.4) is 0 Å². The molecule has 3 rings (SSSR count). The van der Waals surface area contributed by atoms with Crippen molar-refractivity contribution in [3.63, 3.8) is 0 Å². The number of methoxy groups -OCH3 is 2. The van der Waals surface area contributed by atoms with E-state index in [0.717, 1.165) is 0 Å². The molecule has 24 heavy (non-hydrogen) atoms. The van der Waals surface area contributed by atoms with Crippen molar-refractivity contribution in [2.45, 2.75) is 13.0 Å². The average molecular weight is 402 g/mol. The van der Waals surface area contributed by atoms with Crippen molar-refractivity contribution in [2.24, 2.45) is 16.9 Å². The van der Waals surface area contributed by atoms with Gasteiger partial charge in [-0.15, -0.1) is 0 Å². The van der Waals surface area contributed by atoms with E-state index in [4.69, 9.17) is 29.6 Å². The van der Waals surface area contributed by atoms with Crippen molar-refractivity contribution in [1.29, 1.82) is 0 Å². The lowest BCUT2D eigenvalue weighted by molar-refractivity contribution is -0.115. The first-order chi connectivity index (χ1) is 11.5. The maximum absolute atomic E-state index is 11.8. The zero-order valence-electron chi connectivity index (χ0n) is 13.2. The van der Waals surface area contributed by atoms with Gasteiger partial charge in [-0.05, 0) is 15.9 Å². The number of amides is 1. The Labute approximate surface area is 146 Å². The smallest absolute Gasteiger partial charge is 0.283 e. The van der Waals surface area contributed by atoms with Gasteiger partial charge in [0.25, 0.3) is 5.91 Å². The second-order valence-electron chi connectivity index (χ2n) is 5.12. The minimum atomic E-state index is -0.593. The Morgan fingerprint density at radius 2 is 1.92 bits per heavy atom. The van der Waals surface area contributed by atoms with Gasteiger partial charge in [0.1, 0.15) is 0 Å². The maximum Gasteiger partial charge on any atom is 0.283 e. The minimum Gasteiger partial charge on any atom is -0.492 e. The van der Waals surface area contributed by atoms with E-state index in [1.165, 1.54) is 14.2 Å². The summed E-state index contributed by atoms with van der Waals surface area (Å²) in [6, 6.07) is 0. The molecule has 0 aromatic heterocycles. The molecule has 2 atom stereocenters. The molecule has 0 spiro atoms. The minimum absolute atomic E-state index is 0.0519. The van der Waals surface area contributed by atoms with Gasteiger partial charge in [0.2, 0.25) is 18.3 Å². The molecule has 0 radical (unpaired) electrons. The fourth-order valence-electron chi connectivity index (χ4n) is 2.76. The van der Waals surface area contributed by atoms with E-state index in [9.17, 15) is 4.79 Å². The van der Waals surface area contributed by atoms with Gasteiger partial charge < -0.3 is 23.8 Å². The largest absolute Gasteiger partial charge is 0.492 e. The van der Waals surface area contributed by atoms with Crippen LogP contribution in [0.1, 0.15) is 18.6 Å². The molecule has 2 heterocycles. The van der Waals surface area contributed by atoms with Crippen LogP contribution in [0.25, 0.3) is 0 Å². The van der Waals surface area contributed by atoms with Gasteiger partial charge in [0, 0.05) is 0 Å². The van der Waals surface area contributed by atoms with E-state index in [2.05, 4.69) is 26.5 Å². The molecule has 0 saturated heterocycles. The number of nitrogens with one attached hydrogen (secondary N) is 1. The summed E-state index contributed by atoms with van der Waals surface area (Å²) < 4.78 is 22.5. The number of carbonyl (C=O) groups is 1. The SMILES string of the molecule is COc1c(Br)c([C@H]2ON=C(C(=O)NN)[C@H]2C)c(OC)c2c1OCO2. The number of hydrazine groups is 1. The number of fused-ring (bicyclic) bond motifs is 1. The Morgan fingerprint density at radius 3 is 2.50 bits per heavy atom. The predicted octanol–water partition coefficient (Wildman–Crippen LogP) is 1.25. The molecule has 2 aliphatic rings. The van der Waals surface area contributed by atoms with Crippen LogP contribution in [-0.2, 0) is 9.63 Å². The first-order valence-electron chi connectivity index (χ1n) is 7.02. The van der Waals surface area contributed by atoms with Crippen LogP contribution in [0.15, 0.2) is 9.63 Å². The fourth-order valence-corrected chi connectivity index (χ4v) is 3.50. The lowest BCUT2D eigenvalue weighted by Crippen LogP contribution is -2.38. The monoisotopic (exact) mass is 401 g/mol. The fraction of sp³-hybridized carbons (Fsp3) is 0.429. The van der Waals surface area contributed by atoms with Gasteiger partial charge in [-0.2, -0.15) is 0 Å². The summed E-state index contributed by atoms with van der Waals surface area (Å²) in [6.07, 6.45) is -0.593. The van der Waals surface area contributed by atoms with Crippen LogP contribution in [0.4, 0.5) is 0 Å². The summed E-state index contributed by atoms with van der Waals surface area (Å²) in [4.78, 5) is 17.3. The second-order valence-corrected chi connectivity index (χ2v) is 5.92. The summed E-state index contributed by atoms with van der Waals surface area (Å²) in [5, 5.41) is 3.85. The number of ether oxygens (including phenoxy) is 4. The first-order valence-corrected chi connectivity index (χ1v) is 7.82. The van der Waals surface area contributed by atoms with E-state index in [1.807, 2.05) is 0 Å². The van der Waals surface area contributed by atoms with E-state index >= 15 is 0 Å². The Morgan fingerprint density at radius 1 is 1.29 bits per heavy atom. The van der Waals surface area contributed by atoms with Gasteiger partial charge in [0.15, 0.2) is 23.3 Å². The molecule has 1 amide bonds.